The van der Waals surface area contributed by atoms with Crippen molar-refractivity contribution < 1.29 is 31.4 Å². The first-order valence-electron chi connectivity index (χ1n) is 5.06. The molecule has 0 aliphatic heterocycles. The minimum atomic E-state index is -4.93. The molecule has 106 valence electrons. The van der Waals surface area contributed by atoms with E-state index in [-0.39, 0.29) is 11.6 Å². The van der Waals surface area contributed by atoms with Gasteiger partial charge in [0.05, 0.1) is 17.2 Å². The summed E-state index contributed by atoms with van der Waals surface area (Å²) >= 11 is 0. The van der Waals surface area contributed by atoms with Crippen molar-refractivity contribution in [2.75, 3.05) is 0 Å². The lowest BCUT2D eigenvalue weighted by Gasteiger charge is -2.17. The molecule has 1 aromatic rings. The first-order chi connectivity index (χ1) is 8.43. The SMILES string of the molecule is C=C(C)C(O)c1cc(C(F)(F)F)cc(C(F)(F)F)c1. The maximum Gasteiger partial charge on any atom is 0.416 e. The molecule has 0 radical (unpaired) electrons. The lowest BCUT2D eigenvalue weighted by molar-refractivity contribution is -0.143. The molecule has 0 saturated heterocycles. The van der Waals surface area contributed by atoms with E-state index in [1.165, 1.54) is 6.92 Å². The highest BCUT2D eigenvalue weighted by Gasteiger charge is 2.37. The van der Waals surface area contributed by atoms with Crippen molar-refractivity contribution in [3.05, 3.63) is 47.0 Å². The number of benzene rings is 1. The van der Waals surface area contributed by atoms with Crippen LogP contribution in [0.5, 0.6) is 0 Å². The van der Waals surface area contributed by atoms with Gasteiger partial charge in [0.25, 0.3) is 0 Å². The highest BCUT2D eigenvalue weighted by Crippen LogP contribution is 2.38. The summed E-state index contributed by atoms with van der Waals surface area (Å²) in [5.41, 5.74) is -3.36. The van der Waals surface area contributed by atoms with Crippen molar-refractivity contribution in [3.8, 4) is 0 Å². The van der Waals surface area contributed by atoms with Crippen LogP contribution in [0.4, 0.5) is 26.3 Å². The van der Waals surface area contributed by atoms with Crippen molar-refractivity contribution in [1.29, 1.82) is 0 Å². The van der Waals surface area contributed by atoms with Crippen molar-refractivity contribution in [3.63, 3.8) is 0 Å². The fraction of sp³-hybridized carbons (Fsp3) is 0.333. The molecule has 0 heterocycles. The third-order valence-corrected chi connectivity index (χ3v) is 2.39. The lowest BCUT2D eigenvalue weighted by Crippen LogP contribution is -2.13. The van der Waals surface area contributed by atoms with Crippen LogP contribution in [0, 0.1) is 0 Å². The van der Waals surface area contributed by atoms with E-state index in [1.54, 1.807) is 0 Å². The molecule has 0 aliphatic carbocycles. The van der Waals surface area contributed by atoms with E-state index in [0.717, 1.165) is 0 Å². The van der Waals surface area contributed by atoms with Crippen molar-refractivity contribution >= 4 is 0 Å². The van der Waals surface area contributed by atoms with E-state index in [0.29, 0.717) is 12.1 Å². The van der Waals surface area contributed by atoms with Gasteiger partial charge in [-0.2, -0.15) is 26.3 Å². The molecule has 0 bridgehead atoms. The Kier molecular flexibility index (Phi) is 4.00. The maximum atomic E-state index is 12.5. The van der Waals surface area contributed by atoms with Crippen LogP contribution < -0.4 is 0 Å². The zero-order chi connectivity index (χ0) is 15.0. The second kappa shape index (κ2) is 4.88. The van der Waals surface area contributed by atoms with Gasteiger partial charge >= 0.3 is 12.4 Å². The zero-order valence-corrected chi connectivity index (χ0v) is 9.73. The first kappa shape index (κ1) is 15.6. The van der Waals surface area contributed by atoms with Gasteiger partial charge < -0.3 is 5.11 Å². The molecule has 1 aromatic carbocycles. The predicted octanol–water partition coefficient (Wildman–Crippen LogP) is 4.33. The van der Waals surface area contributed by atoms with Crippen molar-refractivity contribution in [1.82, 2.24) is 0 Å². The molecule has 0 aromatic heterocycles. The second-order valence-electron chi connectivity index (χ2n) is 4.09. The standard InChI is InChI=1S/C12H10F6O/c1-6(2)10(19)7-3-8(11(13,14)15)5-9(4-7)12(16,17)18/h3-5,10,19H,1H2,2H3. The highest BCUT2D eigenvalue weighted by molar-refractivity contribution is 5.36. The molecule has 1 nitrogen and oxygen atoms in total. The molecule has 1 rings (SSSR count). The van der Waals surface area contributed by atoms with Crippen LogP contribution in [-0.2, 0) is 12.4 Å². The Morgan fingerprint density at radius 1 is 1.00 bits per heavy atom. The van der Waals surface area contributed by atoms with Gasteiger partial charge in [-0.05, 0) is 36.3 Å². The molecule has 0 aliphatic rings. The van der Waals surface area contributed by atoms with Crippen LogP contribution in [0.1, 0.15) is 29.7 Å². The van der Waals surface area contributed by atoms with Gasteiger partial charge in [-0.1, -0.05) is 6.58 Å². The van der Waals surface area contributed by atoms with Crippen LogP contribution in [0.3, 0.4) is 0 Å². The molecule has 7 heteroatoms. The van der Waals surface area contributed by atoms with E-state index in [1.807, 2.05) is 0 Å². The van der Waals surface area contributed by atoms with Crippen molar-refractivity contribution in [2.45, 2.75) is 25.4 Å². The van der Waals surface area contributed by atoms with Crippen LogP contribution in [0.15, 0.2) is 30.4 Å². The normalized spacial score (nSPS) is 14.3. The summed E-state index contributed by atoms with van der Waals surface area (Å²) in [4.78, 5) is 0. The van der Waals surface area contributed by atoms with Crippen molar-refractivity contribution in [2.24, 2.45) is 0 Å². The summed E-state index contributed by atoms with van der Waals surface area (Å²) in [7, 11) is 0. The van der Waals surface area contributed by atoms with Crippen LogP contribution in [-0.4, -0.2) is 5.11 Å². The molecular formula is C12H10F6O. The maximum absolute atomic E-state index is 12.5. The smallest absolute Gasteiger partial charge is 0.384 e. The number of halogens is 6. The van der Waals surface area contributed by atoms with Gasteiger partial charge in [0.1, 0.15) is 0 Å². The Labute approximate surface area is 105 Å². The van der Waals surface area contributed by atoms with E-state index in [2.05, 4.69) is 6.58 Å². The summed E-state index contributed by atoms with van der Waals surface area (Å²) in [6, 6.07) is 0.970. The highest BCUT2D eigenvalue weighted by atomic mass is 19.4. The monoisotopic (exact) mass is 284 g/mol. The fourth-order valence-electron chi connectivity index (χ4n) is 1.42. The second-order valence-corrected chi connectivity index (χ2v) is 4.09. The quantitative estimate of drug-likeness (QED) is 0.633. The number of rotatable bonds is 2. The predicted molar refractivity (Wildman–Crippen MR) is 56.2 cm³/mol. The Hall–Kier alpha value is -1.50. The average molecular weight is 284 g/mol. The third kappa shape index (κ3) is 3.73. The number of alkyl halides is 6. The summed E-state index contributed by atoms with van der Waals surface area (Å²) in [6.45, 7) is 4.61. The number of hydrogen-bond acceptors (Lipinski definition) is 1. The average Bonchev–Trinajstić information content (AvgIpc) is 2.24. The topological polar surface area (TPSA) is 20.2 Å². The molecule has 0 amide bonds. The van der Waals surface area contributed by atoms with Gasteiger partial charge in [0.15, 0.2) is 0 Å². The molecule has 1 N–H and O–H groups in total. The van der Waals surface area contributed by atoms with E-state index < -0.39 is 35.1 Å². The molecule has 1 atom stereocenters. The Morgan fingerprint density at radius 3 is 1.63 bits per heavy atom. The summed E-state index contributed by atoms with van der Waals surface area (Å²) in [5, 5.41) is 9.54. The molecular weight excluding hydrogens is 274 g/mol. The van der Waals surface area contributed by atoms with Crippen LogP contribution in [0.25, 0.3) is 0 Å². The molecule has 1 unspecified atom stereocenters. The first-order valence-corrected chi connectivity index (χ1v) is 5.06. The van der Waals surface area contributed by atoms with Gasteiger partial charge in [-0.15, -0.1) is 0 Å². The van der Waals surface area contributed by atoms with E-state index >= 15 is 0 Å². The summed E-state index contributed by atoms with van der Waals surface area (Å²) < 4.78 is 75.2. The van der Waals surface area contributed by atoms with Gasteiger partial charge in [-0.3, -0.25) is 0 Å². The summed E-state index contributed by atoms with van der Waals surface area (Å²) in [6.07, 6.45) is -11.4. The molecule has 0 spiro atoms. The molecule has 0 fully saturated rings. The van der Waals surface area contributed by atoms with Gasteiger partial charge in [0.2, 0.25) is 0 Å². The van der Waals surface area contributed by atoms with Gasteiger partial charge in [0, 0.05) is 0 Å². The van der Waals surface area contributed by atoms with E-state index in [4.69, 9.17) is 0 Å². The van der Waals surface area contributed by atoms with E-state index in [9.17, 15) is 31.4 Å². The van der Waals surface area contributed by atoms with Gasteiger partial charge in [-0.25, -0.2) is 0 Å². The summed E-state index contributed by atoms with van der Waals surface area (Å²) in [5.74, 6) is 0. The Bertz CT molecular complexity index is 454. The largest absolute Gasteiger partial charge is 0.416 e. The number of aliphatic hydroxyl groups is 1. The number of hydrogen-bond donors (Lipinski definition) is 1. The molecule has 19 heavy (non-hydrogen) atoms. The Balaban J connectivity index is 3.45. The zero-order valence-electron chi connectivity index (χ0n) is 9.73. The Morgan fingerprint density at radius 2 is 1.37 bits per heavy atom. The van der Waals surface area contributed by atoms with Crippen LogP contribution in [0.2, 0.25) is 0 Å². The minimum absolute atomic E-state index is 0.00857. The minimum Gasteiger partial charge on any atom is -0.384 e. The number of aliphatic hydroxyl groups excluding tert-OH is 1. The third-order valence-electron chi connectivity index (χ3n) is 2.39. The lowest BCUT2D eigenvalue weighted by atomic mass is 9.98. The van der Waals surface area contributed by atoms with Crippen LogP contribution >= 0.6 is 0 Å². The fourth-order valence-corrected chi connectivity index (χ4v) is 1.42. The molecule has 0 saturated carbocycles.